The largest absolute Gasteiger partial charge is 0.478 e. The molecule has 4 amide bonds. The first-order chi connectivity index (χ1) is 32.9. The van der Waals surface area contributed by atoms with E-state index in [0.717, 1.165) is 24.3 Å². The lowest BCUT2D eigenvalue weighted by Crippen LogP contribution is -2.20. The van der Waals surface area contributed by atoms with Gasteiger partial charge in [-0.25, -0.2) is 19.2 Å². The Bertz CT molecular complexity index is 3190. The number of carboxylic acids is 4. The third-order valence-electron chi connectivity index (χ3n) is 9.86. The molecule has 0 aromatic heterocycles. The first-order valence-electron chi connectivity index (χ1n) is 19.5. The van der Waals surface area contributed by atoms with E-state index in [1.165, 1.54) is 84.9 Å². The van der Waals surface area contributed by atoms with Crippen LogP contribution >= 0.6 is 0 Å². The van der Waals surface area contributed by atoms with Crippen molar-refractivity contribution < 1.29 is 63.5 Å². The molecule has 0 spiro atoms. The van der Waals surface area contributed by atoms with Crippen LogP contribution in [-0.2, 0) is 0 Å². The molecule has 0 fully saturated rings. The maximum absolute atomic E-state index is 13.8. The van der Waals surface area contributed by atoms with Gasteiger partial charge in [-0.3, -0.25) is 19.2 Å². The number of terminal acetylenes is 4. The van der Waals surface area contributed by atoms with Crippen molar-refractivity contribution in [3.8, 4) is 60.9 Å². The molecule has 6 aromatic carbocycles. The van der Waals surface area contributed by atoms with E-state index in [9.17, 15) is 58.8 Å². The van der Waals surface area contributed by atoms with Crippen molar-refractivity contribution in [1.82, 2.24) is 0 Å². The fourth-order valence-corrected chi connectivity index (χ4v) is 6.53. The number of amides is 4. The van der Waals surface area contributed by atoms with Crippen LogP contribution in [0, 0.1) is 49.4 Å². The van der Waals surface area contributed by atoms with Crippen LogP contribution in [0.2, 0.25) is 0 Å². The molecule has 0 aliphatic rings. The highest BCUT2D eigenvalue weighted by molar-refractivity contribution is 6.17. The lowest BCUT2D eigenvalue weighted by Gasteiger charge is -2.18. The fraction of sp³-hybridized carbons (Fsp3) is 0. The molecule has 17 nitrogen and oxygen atoms in total. The first-order valence-corrected chi connectivity index (χ1v) is 19.5. The average molecular weight is 919 g/mol. The number of hydrogen-bond acceptors (Lipinski definition) is 9. The maximum Gasteiger partial charge on any atom is 0.336 e. The standard InChI is InChI=1S/C52H30N4O13/c1-5-27-9-15-33(37(21-27)49(61)62)45(57)53-41-19-13-31(25-43(41)55-47(59)35-17-11-29(7-3)23-39(35)51(65)66)69-32-14-20-42(54-46(58)34-16-10-28(6-2)22-38(34)50(63)64)44(26-32)56-48(60)36-18-12-30(8-4)24-40(36)52(67)68/h1-4,9-26H,(H,53,57)(H,54,58)(H,55,59)(H,56,60)(H,61,62)(H,63,64)(H,65,66)(H,67,68). The number of rotatable bonds is 14. The Kier molecular flexibility index (Phi) is 14.0. The summed E-state index contributed by atoms with van der Waals surface area (Å²) >= 11 is 0. The van der Waals surface area contributed by atoms with Gasteiger partial charge in [0, 0.05) is 34.4 Å². The molecule has 8 N–H and O–H groups in total. The normalized spacial score (nSPS) is 10.1. The van der Waals surface area contributed by atoms with Gasteiger partial charge in [0.2, 0.25) is 0 Å². The molecule has 0 bridgehead atoms. The predicted molar refractivity (Wildman–Crippen MR) is 250 cm³/mol. The van der Waals surface area contributed by atoms with Crippen molar-refractivity contribution in [3.05, 3.63) is 176 Å². The average Bonchev–Trinajstić information content (AvgIpc) is 3.34. The van der Waals surface area contributed by atoms with Crippen molar-refractivity contribution in [3.63, 3.8) is 0 Å². The monoisotopic (exact) mass is 918 g/mol. The highest BCUT2D eigenvalue weighted by Crippen LogP contribution is 2.35. The van der Waals surface area contributed by atoms with Gasteiger partial charge in [-0.1, -0.05) is 23.7 Å². The second kappa shape index (κ2) is 20.3. The van der Waals surface area contributed by atoms with E-state index in [0.29, 0.717) is 0 Å². The third-order valence-corrected chi connectivity index (χ3v) is 9.86. The smallest absolute Gasteiger partial charge is 0.336 e. The molecule has 6 rings (SSSR count). The number of aromatic carboxylic acids is 4. The van der Waals surface area contributed by atoms with Crippen LogP contribution < -0.4 is 26.0 Å². The Hall–Kier alpha value is -10.9. The summed E-state index contributed by atoms with van der Waals surface area (Å²) in [5.74, 6) is -0.836. The van der Waals surface area contributed by atoms with Gasteiger partial charge >= 0.3 is 23.9 Å². The van der Waals surface area contributed by atoms with Crippen LogP contribution in [-0.4, -0.2) is 67.9 Å². The summed E-state index contributed by atoms with van der Waals surface area (Å²) in [5.41, 5.74) is -3.15. The Morgan fingerprint density at radius 3 is 0.812 bits per heavy atom. The molecule has 336 valence electrons. The molecule has 6 aromatic rings. The Morgan fingerprint density at radius 1 is 0.333 bits per heavy atom. The summed E-state index contributed by atoms with van der Waals surface area (Å²) in [6.45, 7) is 0. The zero-order valence-corrected chi connectivity index (χ0v) is 35.2. The fourth-order valence-electron chi connectivity index (χ4n) is 6.53. The van der Waals surface area contributed by atoms with E-state index >= 15 is 0 Å². The lowest BCUT2D eigenvalue weighted by atomic mass is 10.0. The van der Waals surface area contributed by atoms with Gasteiger partial charge in [-0.2, -0.15) is 0 Å². The van der Waals surface area contributed by atoms with E-state index in [1.807, 2.05) is 0 Å². The molecule has 0 aliphatic carbocycles. The molecule has 17 heteroatoms. The van der Waals surface area contributed by atoms with Gasteiger partial charge in [0.25, 0.3) is 23.6 Å². The summed E-state index contributed by atoms with van der Waals surface area (Å²) in [6.07, 6.45) is 21.7. The number of nitrogens with one attached hydrogen (secondary N) is 4. The quantitative estimate of drug-likeness (QED) is 0.0503. The molecule has 0 saturated carbocycles. The van der Waals surface area contributed by atoms with Gasteiger partial charge in [-0.15, -0.1) is 25.7 Å². The third kappa shape index (κ3) is 10.7. The zero-order chi connectivity index (χ0) is 50.1. The summed E-state index contributed by atoms with van der Waals surface area (Å²) in [5, 5.41) is 49.6. The highest BCUT2D eigenvalue weighted by Gasteiger charge is 2.24. The van der Waals surface area contributed by atoms with E-state index < -0.39 is 69.8 Å². The zero-order valence-electron chi connectivity index (χ0n) is 35.2. The highest BCUT2D eigenvalue weighted by atomic mass is 16.5. The van der Waals surface area contributed by atoms with Crippen LogP contribution in [0.15, 0.2) is 109 Å². The van der Waals surface area contributed by atoms with Crippen LogP contribution in [0.5, 0.6) is 11.5 Å². The molecular formula is C52H30N4O13. The topological polar surface area (TPSA) is 275 Å². The molecule has 0 heterocycles. The van der Waals surface area contributed by atoms with Gasteiger partial charge in [0.05, 0.1) is 67.3 Å². The van der Waals surface area contributed by atoms with E-state index in [4.69, 9.17) is 30.4 Å². The minimum atomic E-state index is -1.49. The minimum Gasteiger partial charge on any atom is -0.478 e. The molecular weight excluding hydrogens is 889 g/mol. The second-order valence-electron chi connectivity index (χ2n) is 14.2. The molecule has 69 heavy (non-hydrogen) atoms. The molecule has 0 radical (unpaired) electrons. The van der Waals surface area contributed by atoms with Gasteiger partial charge < -0.3 is 46.4 Å². The van der Waals surface area contributed by atoms with Crippen molar-refractivity contribution in [2.75, 3.05) is 21.3 Å². The summed E-state index contributed by atoms with van der Waals surface area (Å²) in [6, 6.07) is 22.0. The van der Waals surface area contributed by atoms with E-state index in [2.05, 4.69) is 44.9 Å². The second-order valence-corrected chi connectivity index (χ2v) is 14.2. The van der Waals surface area contributed by atoms with E-state index in [1.54, 1.807) is 0 Å². The van der Waals surface area contributed by atoms with E-state index in [-0.39, 0.29) is 78.8 Å². The van der Waals surface area contributed by atoms with Crippen LogP contribution in [0.1, 0.15) is 105 Å². The summed E-state index contributed by atoms with van der Waals surface area (Å²) in [7, 11) is 0. The predicted octanol–water partition coefficient (Wildman–Crippen LogP) is 7.21. The summed E-state index contributed by atoms with van der Waals surface area (Å²) < 4.78 is 6.11. The SMILES string of the molecule is C#Cc1ccc(C(=O)Nc2ccc(Oc3ccc(NC(=O)c4ccc(C#C)cc4C(=O)O)c(NC(=O)c4ccc(C#C)cc4C(=O)O)c3)cc2NC(=O)c2ccc(C#C)cc2C(=O)O)c(C(=O)O)c1. The van der Waals surface area contributed by atoms with Gasteiger partial charge in [-0.05, 0) is 97.1 Å². The number of carboxylic acid groups (broad SMARTS) is 4. The Labute approximate surface area is 390 Å². The first kappa shape index (κ1) is 47.6. The number of carbonyl (C=O) groups excluding carboxylic acids is 4. The number of carbonyl (C=O) groups is 8. The van der Waals surface area contributed by atoms with Crippen molar-refractivity contribution >= 4 is 70.3 Å². The number of benzene rings is 6. The number of hydrogen-bond donors (Lipinski definition) is 8. The van der Waals surface area contributed by atoms with Crippen LogP contribution in [0.3, 0.4) is 0 Å². The molecule has 0 aliphatic heterocycles. The molecule has 0 atom stereocenters. The van der Waals surface area contributed by atoms with Crippen molar-refractivity contribution in [2.45, 2.75) is 0 Å². The lowest BCUT2D eigenvalue weighted by molar-refractivity contribution is 0.0683. The van der Waals surface area contributed by atoms with Gasteiger partial charge in [0.1, 0.15) is 11.5 Å². The van der Waals surface area contributed by atoms with Gasteiger partial charge in [0.15, 0.2) is 0 Å². The van der Waals surface area contributed by atoms with Crippen molar-refractivity contribution in [2.24, 2.45) is 0 Å². The molecule has 0 saturated heterocycles. The minimum absolute atomic E-state index is 0.0826. The van der Waals surface area contributed by atoms with Crippen molar-refractivity contribution in [1.29, 1.82) is 0 Å². The Morgan fingerprint density at radius 2 is 0.580 bits per heavy atom. The number of ether oxygens (including phenoxy) is 1. The molecule has 0 unspecified atom stereocenters. The Balaban J connectivity index is 1.42. The maximum atomic E-state index is 13.8. The van der Waals surface area contributed by atoms with Crippen LogP contribution in [0.4, 0.5) is 22.7 Å². The van der Waals surface area contributed by atoms with Crippen LogP contribution in [0.25, 0.3) is 0 Å². The summed E-state index contributed by atoms with van der Waals surface area (Å²) in [4.78, 5) is 103. The number of anilines is 4.